The van der Waals surface area contributed by atoms with Crippen LogP contribution in [0, 0.1) is 0 Å². The maximum Gasteiger partial charge on any atom is 0.326 e. The van der Waals surface area contributed by atoms with Gasteiger partial charge in [0.1, 0.15) is 24.2 Å². The number of amides is 4. The standard InChI is InChI=1S/C39H68N5O14P/c45-31(40-26-16-15-17-30(44-59)39(57)58)23-20-27(36(51)52)42-33(47)25-22-29(38(55)56)43-34(48)24-21-28(37(53)54)41-32(46)18-13-11-9-7-5-3-1-2-4-6-8-10-12-14-19-35(49)50/h27-30,44H,1-26,59H2,(H,40,45)(H,41,46)(H,42,47)(H,43,48)(H,49,50)(H,51,52)(H,53,54)(H,55,56)(H,57,58)/t27-,28-,29-,30-/m0/s1. The molecule has 0 radical (unpaired) electrons. The molecular formula is C39H68N5O14P. The summed E-state index contributed by atoms with van der Waals surface area (Å²) in [4.78, 5) is 106. The summed E-state index contributed by atoms with van der Waals surface area (Å²) in [6.45, 7) is 0.242. The molecule has 10 N–H and O–H groups in total. The quantitative estimate of drug-likeness (QED) is 0.0313. The molecule has 0 saturated heterocycles. The maximum atomic E-state index is 12.5. The minimum Gasteiger partial charge on any atom is -0.481 e. The lowest BCUT2D eigenvalue weighted by molar-refractivity contribution is -0.144. The second kappa shape index (κ2) is 34.5. The van der Waals surface area contributed by atoms with Crippen molar-refractivity contribution in [3.63, 3.8) is 0 Å². The van der Waals surface area contributed by atoms with E-state index < -0.39 is 96.9 Å². The maximum absolute atomic E-state index is 12.5. The van der Waals surface area contributed by atoms with E-state index >= 15 is 0 Å². The Morgan fingerprint density at radius 2 is 0.678 bits per heavy atom. The van der Waals surface area contributed by atoms with E-state index in [9.17, 15) is 58.5 Å². The summed E-state index contributed by atoms with van der Waals surface area (Å²) in [6.07, 6.45) is 13.9. The molecule has 4 amide bonds. The minimum absolute atomic E-state index is 0.125. The first-order valence-corrected chi connectivity index (χ1v) is 21.4. The van der Waals surface area contributed by atoms with Crippen LogP contribution in [-0.4, -0.2) is 110 Å². The molecule has 0 aliphatic heterocycles. The number of rotatable bonds is 39. The van der Waals surface area contributed by atoms with Crippen LogP contribution in [0.4, 0.5) is 0 Å². The summed E-state index contributed by atoms with van der Waals surface area (Å²) in [5.41, 5.74) is 0. The molecule has 0 heterocycles. The lowest BCUT2D eigenvalue weighted by atomic mass is 10.0. The zero-order valence-electron chi connectivity index (χ0n) is 34.2. The molecule has 19 nitrogen and oxygen atoms in total. The Labute approximate surface area is 348 Å². The lowest BCUT2D eigenvalue weighted by Gasteiger charge is -2.18. The van der Waals surface area contributed by atoms with Crippen LogP contribution >= 0.6 is 9.39 Å². The Bertz CT molecular complexity index is 1320. The second-order valence-corrected chi connectivity index (χ2v) is 15.1. The Morgan fingerprint density at radius 1 is 0.356 bits per heavy atom. The van der Waals surface area contributed by atoms with Crippen LogP contribution < -0.4 is 26.4 Å². The van der Waals surface area contributed by atoms with Crippen molar-refractivity contribution in [1.82, 2.24) is 26.4 Å². The van der Waals surface area contributed by atoms with E-state index in [0.29, 0.717) is 25.7 Å². The molecule has 0 rings (SSSR count). The van der Waals surface area contributed by atoms with Gasteiger partial charge >= 0.3 is 29.8 Å². The van der Waals surface area contributed by atoms with Crippen molar-refractivity contribution in [2.75, 3.05) is 6.54 Å². The molecule has 0 aliphatic rings. The van der Waals surface area contributed by atoms with Gasteiger partial charge in [-0.05, 0) is 51.4 Å². The summed E-state index contributed by atoms with van der Waals surface area (Å²) in [7, 11) is 2.14. The SMILES string of the molecule is O=C(O)CCCCCCCCCCCCCCCCC(=O)N[C@@H](CCC(=O)N[C@@H](CCC(=O)N[C@@H](CCC(=O)NCCCC[C@H](NP)C(=O)O)C(=O)O)C(=O)O)C(=O)O. The number of carbonyl (C=O) groups excluding carboxylic acids is 4. The zero-order chi connectivity index (χ0) is 44.4. The molecule has 0 aromatic heterocycles. The molecule has 5 atom stereocenters. The normalized spacial score (nSPS) is 13.0. The number of hydrogen-bond acceptors (Lipinski definition) is 10. The number of hydrogen-bond donors (Lipinski definition) is 10. The largest absolute Gasteiger partial charge is 0.481 e. The van der Waals surface area contributed by atoms with Gasteiger partial charge in [-0.1, -0.05) is 86.4 Å². The van der Waals surface area contributed by atoms with Gasteiger partial charge in [0.15, 0.2) is 0 Å². The second-order valence-electron chi connectivity index (χ2n) is 14.7. The van der Waals surface area contributed by atoms with E-state index in [1.54, 1.807) is 0 Å². The van der Waals surface area contributed by atoms with Crippen molar-refractivity contribution in [3.05, 3.63) is 0 Å². The Balaban J connectivity index is 4.37. The highest BCUT2D eigenvalue weighted by Crippen LogP contribution is 2.14. The van der Waals surface area contributed by atoms with Crippen LogP contribution in [0.15, 0.2) is 0 Å². The van der Waals surface area contributed by atoms with Crippen molar-refractivity contribution in [2.45, 2.75) is 185 Å². The molecule has 0 aliphatic carbocycles. The van der Waals surface area contributed by atoms with E-state index in [4.69, 9.17) is 10.2 Å². The van der Waals surface area contributed by atoms with E-state index in [1.807, 2.05) is 0 Å². The lowest BCUT2D eigenvalue weighted by Crippen LogP contribution is -2.45. The van der Waals surface area contributed by atoms with E-state index in [-0.39, 0.29) is 38.6 Å². The third kappa shape index (κ3) is 31.2. The topological polar surface area (TPSA) is 315 Å². The first kappa shape index (κ1) is 54.6. The number of carbonyl (C=O) groups is 9. The first-order valence-electron chi connectivity index (χ1n) is 20.8. The van der Waals surface area contributed by atoms with Gasteiger partial charge in [-0.2, -0.15) is 0 Å². The third-order valence-corrected chi connectivity index (χ3v) is 10.1. The Morgan fingerprint density at radius 3 is 1.02 bits per heavy atom. The predicted octanol–water partition coefficient (Wildman–Crippen LogP) is 3.48. The molecule has 0 spiro atoms. The van der Waals surface area contributed by atoms with E-state index in [1.165, 1.54) is 25.7 Å². The van der Waals surface area contributed by atoms with Crippen LogP contribution in [0.2, 0.25) is 0 Å². The van der Waals surface area contributed by atoms with Crippen LogP contribution in [0.25, 0.3) is 0 Å². The molecule has 20 heteroatoms. The summed E-state index contributed by atoms with van der Waals surface area (Å²) in [5, 5.41) is 58.3. The van der Waals surface area contributed by atoms with Crippen LogP contribution in [0.1, 0.15) is 161 Å². The number of carboxylic acid groups (broad SMARTS) is 5. The minimum atomic E-state index is -1.54. The first-order chi connectivity index (χ1) is 28.1. The number of nitrogens with one attached hydrogen (secondary N) is 5. The third-order valence-electron chi connectivity index (χ3n) is 9.67. The fourth-order valence-electron chi connectivity index (χ4n) is 6.15. The van der Waals surface area contributed by atoms with E-state index in [0.717, 1.165) is 57.8 Å². The van der Waals surface area contributed by atoms with Gasteiger partial charge in [-0.25, -0.2) is 14.4 Å². The summed E-state index contributed by atoms with van der Waals surface area (Å²) in [5.74, 6) is -8.57. The summed E-state index contributed by atoms with van der Waals surface area (Å²) < 4.78 is 0. The van der Waals surface area contributed by atoms with Gasteiger partial charge in [0.05, 0.1) is 0 Å². The molecule has 0 bridgehead atoms. The molecular weight excluding hydrogens is 793 g/mol. The fourth-order valence-corrected chi connectivity index (χ4v) is 6.46. The smallest absolute Gasteiger partial charge is 0.326 e. The highest BCUT2D eigenvalue weighted by atomic mass is 31.0. The van der Waals surface area contributed by atoms with Crippen LogP contribution in [0.5, 0.6) is 0 Å². The van der Waals surface area contributed by atoms with Crippen molar-refractivity contribution in [1.29, 1.82) is 0 Å². The Kier molecular flexibility index (Phi) is 31.9. The summed E-state index contributed by atoms with van der Waals surface area (Å²) >= 11 is 0. The molecule has 0 aromatic rings. The summed E-state index contributed by atoms with van der Waals surface area (Å²) in [6, 6.07) is -5.10. The molecule has 1 unspecified atom stereocenters. The van der Waals surface area contributed by atoms with Gasteiger partial charge in [-0.3, -0.25) is 33.9 Å². The van der Waals surface area contributed by atoms with Crippen molar-refractivity contribution in [2.24, 2.45) is 0 Å². The predicted molar refractivity (Wildman–Crippen MR) is 219 cm³/mol. The van der Waals surface area contributed by atoms with Gasteiger partial charge in [-0.15, -0.1) is 0 Å². The van der Waals surface area contributed by atoms with E-state index in [2.05, 4.69) is 35.7 Å². The molecule has 59 heavy (non-hydrogen) atoms. The fraction of sp³-hybridized carbons (Fsp3) is 0.769. The average molecular weight is 862 g/mol. The number of aliphatic carboxylic acids is 5. The molecule has 0 fully saturated rings. The van der Waals surface area contributed by atoms with Gasteiger partial charge in [0.2, 0.25) is 23.6 Å². The van der Waals surface area contributed by atoms with Gasteiger partial charge in [0, 0.05) is 38.6 Å². The molecule has 0 saturated carbocycles. The monoisotopic (exact) mass is 861 g/mol. The highest BCUT2D eigenvalue weighted by Gasteiger charge is 2.26. The number of unbranched alkanes of at least 4 members (excludes halogenated alkanes) is 14. The van der Waals surface area contributed by atoms with Crippen molar-refractivity contribution < 1.29 is 68.7 Å². The highest BCUT2D eigenvalue weighted by molar-refractivity contribution is 7.13. The average Bonchev–Trinajstić information content (AvgIpc) is 3.17. The zero-order valence-corrected chi connectivity index (χ0v) is 35.3. The van der Waals surface area contributed by atoms with Gasteiger partial charge < -0.3 is 46.8 Å². The van der Waals surface area contributed by atoms with Gasteiger partial charge in [0.25, 0.3) is 0 Å². The molecule has 338 valence electrons. The van der Waals surface area contributed by atoms with Crippen molar-refractivity contribution in [3.8, 4) is 0 Å². The van der Waals surface area contributed by atoms with Crippen LogP contribution in [-0.2, 0) is 43.2 Å². The Hall–Kier alpha value is -4.38. The molecule has 0 aromatic carbocycles. The number of carboxylic acids is 5. The van der Waals surface area contributed by atoms with Crippen molar-refractivity contribution >= 4 is 62.9 Å². The van der Waals surface area contributed by atoms with Crippen LogP contribution in [0.3, 0.4) is 0 Å².